The van der Waals surface area contributed by atoms with Gasteiger partial charge in [0.25, 0.3) is 0 Å². The molecule has 0 saturated heterocycles. The molecule has 1 amide bonds. The van der Waals surface area contributed by atoms with E-state index in [1.54, 1.807) is 23.2 Å². The van der Waals surface area contributed by atoms with Crippen LogP contribution < -0.4 is 11.0 Å². The predicted molar refractivity (Wildman–Crippen MR) is 111 cm³/mol. The van der Waals surface area contributed by atoms with Gasteiger partial charge in [0.15, 0.2) is 0 Å². The van der Waals surface area contributed by atoms with Gasteiger partial charge in [0, 0.05) is 26.2 Å². The summed E-state index contributed by atoms with van der Waals surface area (Å²) in [4.78, 5) is 25.2. The average Bonchev–Trinajstić information content (AvgIpc) is 2.75. The Morgan fingerprint density at radius 1 is 1.04 bits per heavy atom. The Kier molecular flexibility index (Phi) is 3.55. The van der Waals surface area contributed by atoms with Crippen molar-refractivity contribution in [1.82, 2.24) is 9.13 Å². The number of carbonyl (C=O) groups excluding carboxylic acids is 1. The summed E-state index contributed by atoms with van der Waals surface area (Å²) in [5.74, 6) is 0.920. The SMILES string of the molecule is Cn1c(=O)n(C)c2cc(NC(=O)CC34CC5CC(C)(CC(C)(C5)C3)C4)ccc21. The number of fused-ring (bicyclic) bond motifs is 1. The van der Waals surface area contributed by atoms with Gasteiger partial charge in [-0.3, -0.25) is 13.9 Å². The second-order valence-corrected chi connectivity index (χ2v) is 11.0. The normalized spacial score (nSPS) is 36.2. The van der Waals surface area contributed by atoms with E-state index in [-0.39, 0.29) is 17.0 Å². The Morgan fingerprint density at radius 3 is 2.32 bits per heavy atom. The molecule has 0 spiro atoms. The number of benzene rings is 1. The molecule has 1 aromatic carbocycles. The van der Waals surface area contributed by atoms with E-state index >= 15 is 0 Å². The number of imidazole rings is 1. The van der Waals surface area contributed by atoms with E-state index in [1.165, 1.54) is 38.5 Å². The standard InChI is InChI=1S/C23H31N3O2/c1-21-8-15-9-22(2,12-21)14-23(10-15,13-21)11-19(27)24-16-5-6-17-18(7-16)26(4)20(28)25(17)3/h5-7,15H,8-14H2,1-4H3,(H,24,27). The van der Waals surface area contributed by atoms with Gasteiger partial charge in [0.2, 0.25) is 5.91 Å². The van der Waals surface area contributed by atoms with Gasteiger partial charge < -0.3 is 5.32 Å². The second-order valence-electron chi connectivity index (χ2n) is 11.0. The third-order valence-electron chi connectivity index (χ3n) is 7.83. The number of hydrogen-bond donors (Lipinski definition) is 1. The van der Waals surface area contributed by atoms with Gasteiger partial charge in [-0.2, -0.15) is 0 Å². The van der Waals surface area contributed by atoms with Crippen LogP contribution in [0, 0.1) is 22.2 Å². The summed E-state index contributed by atoms with van der Waals surface area (Å²) in [7, 11) is 3.55. The van der Waals surface area contributed by atoms with Gasteiger partial charge >= 0.3 is 5.69 Å². The molecule has 1 aromatic heterocycles. The van der Waals surface area contributed by atoms with E-state index in [0.29, 0.717) is 17.3 Å². The first-order valence-electron chi connectivity index (χ1n) is 10.5. The molecule has 150 valence electrons. The molecular weight excluding hydrogens is 350 g/mol. The van der Waals surface area contributed by atoms with Gasteiger partial charge in [0.1, 0.15) is 0 Å². The van der Waals surface area contributed by atoms with Crippen molar-refractivity contribution in [3.05, 3.63) is 28.7 Å². The number of aromatic nitrogens is 2. The van der Waals surface area contributed by atoms with Crippen LogP contribution in [0.3, 0.4) is 0 Å². The van der Waals surface area contributed by atoms with Crippen molar-refractivity contribution in [3.63, 3.8) is 0 Å². The molecule has 2 unspecified atom stereocenters. The summed E-state index contributed by atoms with van der Waals surface area (Å²) >= 11 is 0. The van der Waals surface area contributed by atoms with Crippen LogP contribution in [0.4, 0.5) is 5.69 Å². The van der Waals surface area contributed by atoms with E-state index < -0.39 is 0 Å². The van der Waals surface area contributed by atoms with Crippen LogP contribution in [0.1, 0.15) is 58.8 Å². The first-order valence-corrected chi connectivity index (χ1v) is 10.5. The molecule has 0 radical (unpaired) electrons. The number of aryl methyl sites for hydroxylation is 2. The quantitative estimate of drug-likeness (QED) is 0.866. The number of rotatable bonds is 3. The van der Waals surface area contributed by atoms with Gasteiger partial charge in [-0.15, -0.1) is 0 Å². The maximum Gasteiger partial charge on any atom is 0.328 e. The van der Waals surface area contributed by atoms with Gasteiger partial charge in [-0.05, 0) is 78.9 Å². The summed E-state index contributed by atoms with van der Waals surface area (Å²) in [6.07, 6.45) is 8.28. The predicted octanol–water partition coefficient (Wildman–Crippen LogP) is 4.20. The zero-order valence-electron chi connectivity index (χ0n) is 17.5. The molecule has 28 heavy (non-hydrogen) atoms. The largest absolute Gasteiger partial charge is 0.328 e. The molecule has 5 nitrogen and oxygen atoms in total. The first-order chi connectivity index (χ1) is 13.1. The summed E-state index contributed by atoms with van der Waals surface area (Å²) in [6.45, 7) is 4.90. The van der Waals surface area contributed by atoms with Crippen molar-refractivity contribution in [2.24, 2.45) is 36.3 Å². The van der Waals surface area contributed by atoms with Crippen molar-refractivity contribution in [1.29, 1.82) is 0 Å². The highest BCUT2D eigenvalue weighted by molar-refractivity contribution is 5.93. The molecule has 5 heteroatoms. The smallest absolute Gasteiger partial charge is 0.326 e. The third kappa shape index (κ3) is 2.66. The van der Waals surface area contributed by atoms with E-state index in [1.807, 2.05) is 18.2 Å². The Labute approximate surface area is 166 Å². The van der Waals surface area contributed by atoms with Gasteiger partial charge in [0.05, 0.1) is 11.0 Å². The fraction of sp³-hybridized carbons (Fsp3) is 0.652. The molecule has 6 rings (SSSR count). The lowest BCUT2D eigenvalue weighted by Crippen LogP contribution is -2.55. The van der Waals surface area contributed by atoms with Gasteiger partial charge in [-0.1, -0.05) is 13.8 Å². The number of amides is 1. The van der Waals surface area contributed by atoms with Crippen LogP contribution in [0.25, 0.3) is 11.0 Å². The molecule has 4 aliphatic rings. The van der Waals surface area contributed by atoms with E-state index in [0.717, 1.165) is 22.6 Å². The highest BCUT2D eigenvalue weighted by atomic mass is 16.2. The van der Waals surface area contributed by atoms with Crippen LogP contribution in [0.15, 0.2) is 23.0 Å². The van der Waals surface area contributed by atoms with Crippen molar-refractivity contribution < 1.29 is 4.79 Å². The number of nitrogens with zero attached hydrogens (tertiary/aromatic N) is 2. The van der Waals surface area contributed by atoms with Crippen LogP contribution in [0.5, 0.6) is 0 Å². The van der Waals surface area contributed by atoms with Crippen molar-refractivity contribution in [2.75, 3.05) is 5.32 Å². The molecule has 2 atom stereocenters. The number of anilines is 1. The lowest BCUT2D eigenvalue weighted by Gasteiger charge is -2.65. The minimum atomic E-state index is -0.0477. The van der Waals surface area contributed by atoms with E-state index in [2.05, 4.69) is 19.2 Å². The third-order valence-corrected chi connectivity index (χ3v) is 7.83. The number of nitrogens with one attached hydrogen (secondary N) is 1. The molecule has 0 aliphatic heterocycles. The molecule has 1 N–H and O–H groups in total. The highest BCUT2D eigenvalue weighted by Crippen LogP contribution is 2.70. The average molecular weight is 382 g/mol. The molecule has 2 aromatic rings. The van der Waals surface area contributed by atoms with Crippen LogP contribution in [-0.4, -0.2) is 15.0 Å². The first kappa shape index (κ1) is 18.0. The molecular formula is C23H31N3O2. The zero-order chi connectivity index (χ0) is 19.9. The highest BCUT2D eigenvalue weighted by Gasteiger charge is 2.60. The summed E-state index contributed by atoms with van der Waals surface area (Å²) in [5.41, 5.74) is 3.49. The van der Waals surface area contributed by atoms with E-state index in [9.17, 15) is 9.59 Å². The second kappa shape index (κ2) is 5.52. The fourth-order valence-corrected chi connectivity index (χ4v) is 8.01. The summed E-state index contributed by atoms with van der Waals surface area (Å²) in [5, 5.41) is 3.13. The molecule has 4 saturated carbocycles. The Balaban J connectivity index is 1.38. The Hall–Kier alpha value is -2.04. The number of carbonyl (C=O) groups is 1. The van der Waals surface area contributed by atoms with Crippen molar-refractivity contribution in [2.45, 2.75) is 58.8 Å². The topological polar surface area (TPSA) is 56.0 Å². The molecule has 1 heterocycles. The fourth-order valence-electron chi connectivity index (χ4n) is 8.01. The monoisotopic (exact) mass is 381 g/mol. The molecule has 4 fully saturated rings. The minimum Gasteiger partial charge on any atom is -0.326 e. The Bertz CT molecular complexity index is 1030. The van der Waals surface area contributed by atoms with Crippen LogP contribution >= 0.6 is 0 Å². The van der Waals surface area contributed by atoms with E-state index in [4.69, 9.17) is 0 Å². The lowest BCUT2D eigenvalue weighted by molar-refractivity contribution is -0.153. The maximum absolute atomic E-state index is 13.0. The van der Waals surface area contributed by atoms with Crippen LogP contribution in [-0.2, 0) is 18.9 Å². The number of hydrogen-bond acceptors (Lipinski definition) is 2. The van der Waals surface area contributed by atoms with Crippen molar-refractivity contribution in [3.8, 4) is 0 Å². The molecule has 4 bridgehead atoms. The maximum atomic E-state index is 13.0. The minimum absolute atomic E-state index is 0.0477. The van der Waals surface area contributed by atoms with Gasteiger partial charge in [-0.25, -0.2) is 4.79 Å². The van der Waals surface area contributed by atoms with Crippen molar-refractivity contribution >= 4 is 22.6 Å². The lowest BCUT2D eigenvalue weighted by atomic mass is 9.40. The molecule has 4 aliphatic carbocycles. The summed E-state index contributed by atoms with van der Waals surface area (Å²) in [6, 6.07) is 5.73. The van der Waals surface area contributed by atoms with Crippen LogP contribution in [0.2, 0.25) is 0 Å². The zero-order valence-corrected chi connectivity index (χ0v) is 17.5. The Morgan fingerprint density at radius 2 is 1.68 bits per heavy atom. The summed E-state index contributed by atoms with van der Waals surface area (Å²) < 4.78 is 3.27.